The van der Waals surface area contributed by atoms with E-state index in [0.717, 1.165) is 0 Å². The first kappa shape index (κ1) is 13.4. The molecule has 1 atom stereocenters. The molecule has 15 heavy (non-hydrogen) atoms. The maximum Gasteiger partial charge on any atom is 0.320 e. The van der Waals surface area contributed by atoms with Gasteiger partial charge in [-0.1, -0.05) is 0 Å². The summed E-state index contributed by atoms with van der Waals surface area (Å²) in [7, 11) is 0. The van der Waals surface area contributed by atoms with Crippen molar-refractivity contribution in [2.24, 2.45) is 0 Å². The molecule has 0 aliphatic rings. The zero-order valence-electron chi connectivity index (χ0n) is 8.23. The van der Waals surface area contributed by atoms with Crippen LogP contribution in [0.5, 0.6) is 0 Å². The first-order valence-electron chi connectivity index (χ1n) is 4.25. The van der Waals surface area contributed by atoms with E-state index >= 15 is 0 Å². The highest BCUT2D eigenvalue weighted by molar-refractivity contribution is 5.75. The van der Waals surface area contributed by atoms with Crippen LogP contribution in [-0.2, 0) is 19.1 Å². The second-order valence-corrected chi connectivity index (χ2v) is 2.81. The van der Waals surface area contributed by atoms with E-state index in [4.69, 9.17) is 10.2 Å². The molecule has 0 unspecified atom stereocenters. The number of aliphatic carboxylic acids is 2. The molecule has 0 aliphatic carbocycles. The summed E-state index contributed by atoms with van der Waals surface area (Å²) in [6, 6.07) is -1.03. The van der Waals surface area contributed by atoms with Gasteiger partial charge in [0.2, 0.25) is 0 Å². The van der Waals surface area contributed by atoms with Crippen LogP contribution in [0.1, 0.15) is 19.8 Å². The van der Waals surface area contributed by atoms with Gasteiger partial charge in [-0.05, 0) is 6.42 Å². The lowest BCUT2D eigenvalue weighted by atomic mass is 10.1. The summed E-state index contributed by atoms with van der Waals surface area (Å²) < 4.78 is 4.47. The molecule has 0 aromatic rings. The van der Waals surface area contributed by atoms with Crippen molar-refractivity contribution in [1.29, 1.82) is 0 Å². The van der Waals surface area contributed by atoms with E-state index in [1.54, 1.807) is 0 Å². The summed E-state index contributed by atoms with van der Waals surface area (Å²) in [5.74, 6) is -2.79. The van der Waals surface area contributed by atoms with Crippen LogP contribution in [0.3, 0.4) is 0 Å². The van der Waals surface area contributed by atoms with E-state index in [0.29, 0.717) is 0 Å². The van der Waals surface area contributed by atoms with Gasteiger partial charge in [-0.2, -0.15) is 0 Å². The molecule has 0 heterocycles. The third kappa shape index (κ3) is 7.44. The minimum atomic E-state index is -1.18. The van der Waals surface area contributed by atoms with Gasteiger partial charge in [0.25, 0.3) is 0 Å². The predicted octanol–water partition coefficient (Wildman–Crippen LogP) is -0.585. The largest absolute Gasteiger partial charge is 0.481 e. The molecule has 0 radical (unpaired) electrons. The highest BCUT2D eigenvalue weighted by Crippen LogP contribution is 1.97. The molecular formula is C8H13NO6. The third-order valence-corrected chi connectivity index (χ3v) is 1.55. The van der Waals surface area contributed by atoms with Crippen molar-refractivity contribution in [3.63, 3.8) is 0 Å². The van der Waals surface area contributed by atoms with Crippen LogP contribution in [0.25, 0.3) is 0 Å². The van der Waals surface area contributed by atoms with Crippen molar-refractivity contribution in [2.75, 3.05) is 6.73 Å². The molecule has 0 rings (SSSR count). The fourth-order valence-corrected chi connectivity index (χ4v) is 0.825. The van der Waals surface area contributed by atoms with E-state index in [2.05, 4.69) is 10.1 Å². The molecule has 0 amide bonds. The van der Waals surface area contributed by atoms with E-state index in [1.165, 1.54) is 6.92 Å². The summed E-state index contributed by atoms with van der Waals surface area (Å²) in [6.45, 7) is 0.945. The Labute approximate surface area is 86.0 Å². The molecule has 7 heteroatoms. The summed E-state index contributed by atoms with van der Waals surface area (Å²) in [6.07, 6.45) is -0.323. The zero-order chi connectivity index (χ0) is 11.8. The zero-order valence-corrected chi connectivity index (χ0v) is 8.23. The van der Waals surface area contributed by atoms with Crippen LogP contribution in [0.2, 0.25) is 0 Å². The van der Waals surface area contributed by atoms with Gasteiger partial charge in [0.15, 0.2) is 0 Å². The Morgan fingerprint density at radius 2 is 1.93 bits per heavy atom. The molecule has 0 bridgehead atoms. The highest BCUT2D eigenvalue weighted by Gasteiger charge is 2.17. The average Bonchev–Trinajstić information content (AvgIpc) is 2.09. The molecule has 0 aliphatic heterocycles. The number of ether oxygens (including phenoxy) is 1. The maximum absolute atomic E-state index is 10.6. The molecule has 0 fully saturated rings. The molecule has 86 valence electrons. The lowest BCUT2D eigenvalue weighted by Crippen LogP contribution is -2.38. The SMILES string of the molecule is CC(=O)OCN[C@@H](CCC(=O)O)C(=O)O. The fraction of sp³-hybridized carbons (Fsp3) is 0.625. The molecule has 0 aromatic heterocycles. The quantitative estimate of drug-likeness (QED) is 0.387. The minimum Gasteiger partial charge on any atom is -0.481 e. The van der Waals surface area contributed by atoms with E-state index < -0.39 is 23.9 Å². The van der Waals surface area contributed by atoms with Crippen molar-refractivity contribution in [3.8, 4) is 0 Å². The van der Waals surface area contributed by atoms with Gasteiger partial charge in [0.1, 0.15) is 12.8 Å². The molecule has 0 spiro atoms. The number of carboxylic acid groups (broad SMARTS) is 2. The van der Waals surface area contributed by atoms with Gasteiger partial charge in [0, 0.05) is 13.3 Å². The van der Waals surface area contributed by atoms with Crippen molar-refractivity contribution < 1.29 is 29.3 Å². The Bertz CT molecular complexity index is 252. The Hall–Kier alpha value is -1.63. The average molecular weight is 219 g/mol. The second kappa shape index (κ2) is 6.77. The van der Waals surface area contributed by atoms with Gasteiger partial charge >= 0.3 is 17.9 Å². The van der Waals surface area contributed by atoms with Crippen LogP contribution in [0, 0.1) is 0 Å². The van der Waals surface area contributed by atoms with Gasteiger partial charge in [-0.3, -0.25) is 19.7 Å². The van der Waals surface area contributed by atoms with Crippen molar-refractivity contribution in [1.82, 2.24) is 5.32 Å². The summed E-state index contributed by atoms with van der Waals surface area (Å²) in [5, 5.41) is 19.4. The smallest absolute Gasteiger partial charge is 0.320 e. The topological polar surface area (TPSA) is 113 Å². The Balaban J connectivity index is 3.88. The van der Waals surface area contributed by atoms with Crippen LogP contribution in [0.4, 0.5) is 0 Å². The first-order chi connectivity index (χ1) is 6.93. The van der Waals surface area contributed by atoms with Crippen LogP contribution >= 0.6 is 0 Å². The van der Waals surface area contributed by atoms with Gasteiger partial charge < -0.3 is 14.9 Å². The number of hydrogen-bond acceptors (Lipinski definition) is 5. The molecule has 0 saturated heterocycles. The number of hydrogen-bond donors (Lipinski definition) is 3. The summed E-state index contributed by atoms with van der Waals surface area (Å²) in [5.41, 5.74) is 0. The third-order valence-electron chi connectivity index (χ3n) is 1.55. The van der Waals surface area contributed by atoms with E-state index in [9.17, 15) is 14.4 Å². The van der Waals surface area contributed by atoms with Gasteiger partial charge in [-0.25, -0.2) is 0 Å². The van der Waals surface area contributed by atoms with Gasteiger partial charge in [-0.15, -0.1) is 0 Å². The molecule has 0 saturated carbocycles. The Morgan fingerprint density at radius 3 is 2.33 bits per heavy atom. The lowest BCUT2D eigenvalue weighted by Gasteiger charge is -2.12. The number of rotatable bonds is 7. The summed E-state index contributed by atoms with van der Waals surface area (Å²) >= 11 is 0. The van der Waals surface area contributed by atoms with Crippen molar-refractivity contribution in [3.05, 3.63) is 0 Å². The van der Waals surface area contributed by atoms with Crippen LogP contribution < -0.4 is 5.32 Å². The normalized spacial score (nSPS) is 11.8. The van der Waals surface area contributed by atoms with Crippen molar-refractivity contribution >= 4 is 17.9 Å². The maximum atomic E-state index is 10.6. The number of nitrogens with one attached hydrogen (secondary N) is 1. The van der Waals surface area contributed by atoms with E-state index in [1.807, 2.05) is 0 Å². The number of carboxylic acids is 2. The van der Waals surface area contributed by atoms with Crippen LogP contribution in [-0.4, -0.2) is 40.9 Å². The second-order valence-electron chi connectivity index (χ2n) is 2.81. The molecule has 7 nitrogen and oxygen atoms in total. The van der Waals surface area contributed by atoms with Crippen molar-refractivity contribution in [2.45, 2.75) is 25.8 Å². The van der Waals surface area contributed by atoms with E-state index in [-0.39, 0.29) is 19.6 Å². The fourth-order valence-electron chi connectivity index (χ4n) is 0.825. The first-order valence-corrected chi connectivity index (χ1v) is 4.25. The highest BCUT2D eigenvalue weighted by atomic mass is 16.5. The predicted molar refractivity (Wildman–Crippen MR) is 48.1 cm³/mol. The molecule has 0 aromatic carbocycles. The monoisotopic (exact) mass is 219 g/mol. The number of carbonyl (C=O) groups is 3. The Morgan fingerprint density at radius 1 is 1.33 bits per heavy atom. The standard InChI is InChI=1S/C8H13NO6/c1-5(10)15-4-9-6(8(13)14)2-3-7(11)12/h6,9H,2-4H2,1H3,(H,11,12)(H,13,14)/t6-/m0/s1. The lowest BCUT2D eigenvalue weighted by molar-refractivity contribution is -0.146. The summed E-state index contributed by atoms with van der Waals surface area (Å²) in [4.78, 5) is 31.2. The van der Waals surface area contributed by atoms with Crippen LogP contribution in [0.15, 0.2) is 0 Å². The number of carbonyl (C=O) groups excluding carboxylic acids is 1. The number of esters is 1. The molecular weight excluding hydrogens is 206 g/mol. The minimum absolute atomic E-state index is 0.0636. The Kier molecular flexibility index (Phi) is 6.03. The van der Waals surface area contributed by atoms with Gasteiger partial charge in [0.05, 0.1) is 0 Å². The molecule has 3 N–H and O–H groups in total.